The van der Waals surface area contributed by atoms with Crippen molar-refractivity contribution < 1.29 is 4.79 Å². The predicted molar refractivity (Wildman–Crippen MR) is 88.7 cm³/mol. The molecule has 1 amide bonds. The number of amides is 1. The summed E-state index contributed by atoms with van der Waals surface area (Å²) in [5, 5.41) is 6.78. The van der Waals surface area contributed by atoms with Crippen molar-refractivity contribution in [3.8, 4) is 0 Å². The van der Waals surface area contributed by atoms with E-state index >= 15 is 0 Å². The number of carbonyl (C=O) groups excluding carboxylic acids is 1. The minimum absolute atomic E-state index is 0.153. The fourth-order valence-electron chi connectivity index (χ4n) is 2.24. The Balaban J connectivity index is 1.53. The van der Waals surface area contributed by atoms with Crippen LogP contribution in [0.4, 0.5) is 0 Å². The molecule has 1 aromatic carbocycles. The molecule has 0 saturated carbocycles. The van der Waals surface area contributed by atoms with E-state index in [2.05, 4.69) is 20.4 Å². The Morgan fingerprint density at radius 2 is 1.88 bits per heavy atom. The number of benzene rings is 1. The van der Waals surface area contributed by atoms with Gasteiger partial charge in [-0.15, -0.1) is 0 Å². The molecule has 3 aromatic rings. The maximum atomic E-state index is 11.9. The van der Waals surface area contributed by atoms with E-state index in [0.29, 0.717) is 13.1 Å². The highest BCUT2D eigenvalue weighted by Gasteiger charge is 2.05. The Morgan fingerprint density at radius 3 is 2.56 bits per heavy atom. The molecule has 0 atom stereocenters. The van der Waals surface area contributed by atoms with Gasteiger partial charge in [-0.3, -0.25) is 19.1 Å². The van der Waals surface area contributed by atoms with E-state index in [1.54, 1.807) is 11.0 Å². The first-order valence-corrected chi connectivity index (χ1v) is 7.57. The van der Waals surface area contributed by atoms with Gasteiger partial charge >= 0.3 is 5.69 Å². The molecule has 0 bridgehead atoms. The third kappa shape index (κ3) is 4.50. The van der Waals surface area contributed by atoms with Crippen molar-refractivity contribution in [2.24, 2.45) is 0 Å². The van der Waals surface area contributed by atoms with E-state index in [9.17, 15) is 14.4 Å². The number of rotatable bonds is 6. The average Bonchev–Trinajstić information content (AvgIpc) is 3.10. The van der Waals surface area contributed by atoms with E-state index < -0.39 is 11.2 Å². The summed E-state index contributed by atoms with van der Waals surface area (Å²) < 4.78 is 2.86. The number of nitrogens with zero attached hydrogens (tertiary/aromatic N) is 4. The summed E-state index contributed by atoms with van der Waals surface area (Å²) >= 11 is 0. The number of aromatic nitrogens is 5. The number of H-pyrrole nitrogens is 1. The van der Waals surface area contributed by atoms with E-state index in [1.807, 2.05) is 24.3 Å². The van der Waals surface area contributed by atoms with Crippen LogP contribution >= 0.6 is 0 Å². The second-order valence-corrected chi connectivity index (χ2v) is 5.42. The van der Waals surface area contributed by atoms with Gasteiger partial charge in [-0.05, 0) is 11.1 Å². The second-order valence-electron chi connectivity index (χ2n) is 5.42. The third-order valence-electron chi connectivity index (χ3n) is 3.53. The topological polar surface area (TPSA) is 115 Å². The van der Waals surface area contributed by atoms with Crippen molar-refractivity contribution in [2.45, 2.75) is 19.6 Å². The molecule has 0 spiro atoms. The van der Waals surface area contributed by atoms with Crippen LogP contribution in [0.2, 0.25) is 0 Å². The second kappa shape index (κ2) is 7.39. The lowest BCUT2D eigenvalue weighted by atomic mass is 10.1. The van der Waals surface area contributed by atoms with Gasteiger partial charge in [0.05, 0.1) is 6.54 Å². The van der Waals surface area contributed by atoms with Crippen LogP contribution in [0.5, 0.6) is 0 Å². The van der Waals surface area contributed by atoms with Gasteiger partial charge in [0.1, 0.15) is 19.2 Å². The van der Waals surface area contributed by atoms with Gasteiger partial charge in [-0.1, -0.05) is 24.3 Å². The monoisotopic (exact) mass is 340 g/mol. The molecule has 0 aliphatic heterocycles. The number of hydrogen-bond donors (Lipinski definition) is 2. The molecule has 0 unspecified atom stereocenters. The van der Waals surface area contributed by atoms with E-state index in [1.165, 1.54) is 18.6 Å². The van der Waals surface area contributed by atoms with Gasteiger partial charge in [-0.2, -0.15) is 5.10 Å². The van der Waals surface area contributed by atoms with E-state index in [4.69, 9.17) is 0 Å². The van der Waals surface area contributed by atoms with Crippen LogP contribution in [0.3, 0.4) is 0 Å². The summed E-state index contributed by atoms with van der Waals surface area (Å²) in [6.07, 6.45) is 4.42. The summed E-state index contributed by atoms with van der Waals surface area (Å²) in [5.41, 5.74) is 0.901. The van der Waals surface area contributed by atoms with Crippen LogP contribution in [-0.2, 0) is 24.4 Å². The van der Waals surface area contributed by atoms with Gasteiger partial charge in [0.25, 0.3) is 5.56 Å². The highest BCUT2D eigenvalue weighted by atomic mass is 16.2. The van der Waals surface area contributed by atoms with Crippen LogP contribution in [0.25, 0.3) is 0 Å². The Kier molecular flexibility index (Phi) is 4.84. The molecule has 0 aliphatic carbocycles. The van der Waals surface area contributed by atoms with E-state index in [-0.39, 0.29) is 12.5 Å². The van der Waals surface area contributed by atoms with Gasteiger partial charge in [-0.25, -0.2) is 14.5 Å². The third-order valence-corrected chi connectivity index (χ3v) is 3.53. The summed E-state index contributed by atoms with van der Waals surface area (Å²) in [6.45, 7) is 0.822. The molecule has 0 saturated heterocycles. The standard InChI is InChI=1S/C16H16N6O3/c23-14-5-6-21(16(25)20-14)9-15(24)18-7-12-1-3-13(4-2-12)8-22-11-17-10-19-22/h1-6,10-11H,7-9H2,(H,18,24)(H,20,23,25). The van der Waals surface area contributed by atoms with Crippen molar-refractivity contribution in [1.82, 2.24) is 29.6 Å². The molecule has 25 heavy (non-hydrogen) atoms. The van der Waals surface area contributed by atoms with Gasteiger partial charge in [0.2, 0.25) is 5.91 Å². The van der Waals surface area contributed by atoms with Crippen molar-refractivity contribution in [3.05, 3.63) is 81.1 Å². The quantitative estimate of drug-likeness (QED) is 0.627. The molecular formula is C16H16N6O3. The average molecular weight is 340 g/mol. The maximum absolute atomic E-state index is 11.9. The normalized spacial score (nSPS) is 10.6. The first kappa shape index (κ1) is 16.4. The Morgan fingerprint density at radius 1 is 1.12 bits per heavy atom. The summed E-state index contributed by atoms with van der Waals surface area (Å²) in [6, 6.07) is 8.94. The SMILES string of the molecule is O=C(Cn1ccc(=O)[nH]c1=O)NCc1ccc(Cn2cncn2)cc1. The van der Waals surface area contributed by atoms with Crippen LogP contribution in [0, 0.1) is 0 Å². The first-order chi connectivity index (χ1) is 12.1. The molecule has 128 valence electrons. The number of nitrogens with one attached hydrogen (secondary N) is 2. The molecule has 9 nitrogen and oxygen atoms in total. The minimum atomic E-state index is -0.611. The fourth-order valence-corrected chi connectivity index (χ4v) is 2.24. The minimum Gasteiger partial charge on any atom is -0.350 e. The lowest BCUT2D eigenvalue weighted by molar-refractivity contribution is -0.121. The Labute approximate surface area is 142 Å². The number of hydrogen-bond acceptors (Lipinski definition) is 5. The number of carbonyl (C=O) groups is 1. The summed E-state index contributed by atoms with van der Waals surface area (Å²) in [7, 11) is 0. The molecule has 3 rings (SSSR count). The van der Waals surface area contributed by atoms with Gasteiger partial charge in [0.15, 0.2) is 0 Å². The van der Waals surface area contributed by atoms with Crippen LogP contribution in [0.1, 0.15) is 11.1 Å². The zero-order chi connectivity index (χ0) is 17.6. The van der Waals surface area contributed by atoms with Crippen molar-refractivity contribution in [3.63, 3.8) is 0 Å². The molecule has 0 fully saturated rings. The highest BCUT2D eigenvalue weighted by molar-refractivity contribution is 5.75. The first-order valence-electron chi connectivity index (χ1n) is 7.57. The van der Waals surface area contributed by atoms with Crippen molar-refractivity contribution in [2.75, 3.05) is 0 Å². The molecule has 2 N–H and O–H groups in total. The van der Waals surface area contributed by atoms with Crippen LogP contribution in [-0.4, -0.2) is 30.2 Å². The molecule has 9 heteroatoms. The molecule has 0 aliphatic rings. The Hall–Kier alpha value is -3.49. The summed E-state index contributed by atoms with van der Waals surface area (Å²) in [5.74, 6) is -0.319. The van der Waals surface area contributed by atoms with Gasteiger partial charge in [0, 0.05) is 18.8 Å². The van der Waals surface area contributed by atoms with Crippen molar-refractivity contribution in [1.29, 1.82) is 0 Å². The summed E-state index contributed by atoms with van der Waals surface area (Å²) in [4.78, 5) is 40.4. The lowest BCUT2D eigenvalue weighted by Gasteiger charge is -2.08. The molecule has 0 radical (unpaired) electrons. The van der Waals surface area contributed by atoms with Crippen LogP contribution in [0.15, 0.2) is 58.8 Å². The van der Waals surface area contributed by atoms with Gasteiger partial charge < -0.3 is 5.32 Å². The Bertz CT molecular complexity index is 957. The zero-order valence-electron chi connectivity index (χ0n) is 13.3. The van der Waals surface area contributed by atoms with Crippen molar-refractivity contribution >= 4 is 5.91 Å². The zero-order valence-corrected chi connectivity index (χ0v) is 13.3. The highest BCUT2D eigenvalue weighted by Crippen LogP contribution is 2.05. The van der Waals surface area contributed by atoms with Crippen LogP contribution < -0.4 is 16.6 Å². The molecule has 2 aromatic heterocycles. The molecule has 2 heterocycles. The smallest absolute Gasteiger partial charge is 0.328 e. The number of aromatic amines is 1. The lowest BCUT2D eigenvalue weighted by Crippen LogP contribution is -2.35. The maximum Gasteiger partial charge on any atom is 0.328 e. The fraction of sp³-hybridized carbons (Fsp3) is 0.188. The largest absolute Gasteiger partial charge is 0.350 e. The predicted octanol–water partition coefficient (Wildman–Crippen LogP) is -0.507. The van der Waals surface area contributed by atoms with E-state index in [0.717, 1.165) is 15.7 Å². The molecular weight excluding hydrogens is 324 g/mol.